The molecule has 6 aromatic rings. The summed E-state index contributed by atoms with van der Waals surface area (Å²) in [5, 5.41) is 0. The molecule has 0 unspecified atom stereocenters. The van der Waals surface area contributed by atoms with Crippen LogP contribution in [0.15, 0.2) is 146 Å². The van der Waals surface area contributed by atoms with E-state index in [1.807, 2.05) is 0 Å². The topological polar surface area (TPSA) is 0 Å². The Hall–Kier alpha value is -4.96. The Labute approximate surface area is 248 Å². The molecule has 0 N–H and O–H groups in total. The van der Waals surface area contributed by atoms with Crippen molar-refractivity contribution >= 4 is 0 Å². The Morgan fingerprint density at radius 1 is 0.279 bits per heavy atom. The van der Waals surface area contributed by atoms with Crippen LogP contribution in [0.2, 0.25) is 0 Å². The molecule has 0 aliphatic carbocycles. The van der Waals surface area contributed by atoms with Crippen molar-refractivity contribution in [1.82, 2.24) is 0 Å². The number of hydrogen-bond donors (Lipinski definition) is 0. The van der Waals surface area contributed by atoms with E-state index in [-0.39, 0.29) is 35.1 Å². The van der Waals surface area contributed by atoms with Crippen LogP contribution < -0.4 is 0 Å². The minimum Gasteiger partial charge on any atom is -0.207 e. The van der Waals surface area contributed by atoms with Crippen molar-refractivity contribution in [2.75, 3.05) is 0 Å². The lowest BCUT2D eigenvalue weighted by atomic mass is 9.84. The van der Waals surface area contributed by atoms with Gasteiger partial charge in [-0.15, -0.1) is 0 Å². The van der Waals surface area contributed by atoms with E-state index in [1.54, 1.807) is 48.5 Å². The third-order valence-corrected chi connectivity index (χ3v) is 7.85. The summed E-state index contributed by atoms with van der Waals surface area (Å²) in [4.78, 5) is 0. The Morgan fingerprint density at radius 3 is 0.674 bits per heavy atom. The Balaban J connectivity index is 1.24. The van der Waals surface area contributed by atoms with Crippen molar-refractivity contribution in [3.05, 3.63) is 213 Å². The molecule has 0 fully saturated rings. The minimum absolute atomic E-state index is 0.163. The fraction of sp³-hybridized carbons (Fsp3) is 0.0769. The molecular formula is C39H28F4. The molecule has 0 amide bonds. The van der Waals surface area contributed by atoms with Gasteiger partial charge in [-0.1, -0.05) is 97.1 Å². The molecule has 0 heterocycles. The van der Waals surface area contributed by atoms with Gasteiger partial charge in [0.15, 0.2) is 0 Å². The smallest absolute Gasteiger partial charge is 0.123 e. The van der Waals surface area contributed by atoms with Gasteiger partial charge in [-0.05, 0) is 99.5 Å². The van der Waals surface area contributed by atoms with Gasteiger partial charge in [-0.3, -0.25) is 0 Å². The lowest BCUT2D eigenvalue weighted by Crippen LogP contribution is -2.04. The molecular weight excluding hydrogens is 544 g/mol. The molecule has 0 saturated carbocycles. The standard InChI is InChI=1S/C39H28F4/c40-34-17-9-30(10-18-34)38(31-11-19-35(41)20-12-31)28-5-1-26(2-6-28)25-27-3-7-29(8-4-27)39(32-13-21-36(42)22-14-32)33-15-23-37(43)24-16-33/h1-24,38-39H,25H2. The average Bonchev–Trinajstić information content (AvgIpc) is 3.03. The van der Waals surface area contributed by atoms with Gasteiger partial charge in [0.2, 0.25) is 0 Å². The highest BCUT2D eigenvalue weighted by Gasteiger charge is 2.19. The first kappa shape index (κ1) is 28.2. The third kappa shape index (κ3) is 6.60. The van der Waals surface area contributed by atoms with Crippen molar-refractivity contribution in [3.63, 3.8) is 0 Å². The lowest BCUT2D eigenvalue weighted by Gasteiger charge is -2.20. The first-order chi connectivity index (χ1) is 20.9. The van der Waals surface area contributed by atoms with Crippen LogP contribution in [0.4, 0.5) is 17.6 Å². The van der Waals surface area contributed by atoms with Crippen molar-refractivity contribution in [3.8, 4) is 0 Å². The van der Waals surface area contributed by atoms with Crippen LogP contribution in [0.3, 0.4) is 0 Å². The van der Waals surface area contributed by atoms with Crippen molar-refractivity contribution in [2.45, 2.75) is 18.3 Å². The van der Waals surface area contributed by atoms with Gasteiger partial charge < -0.3 is 0 Å². The zero-order valence-corrected chi connectivity index (χ0v) is 23.2. The van der Waals surface area contributed by atoms with E-state index >= 15 is 0 Å². The van der Waals surface area contributed by atoms with Gasteiger partial charge in [0.05, 0.1) is 0 Å². The highest BCUT2D eigenvalue weighted by molar-refractivity contribution is 5.46. The van der Waals surface area contributed by atoms with Gasteiger partial charge >= 0.3 is 0 Å². The number of halogens is 4. The van der Waals surface area contributed by atoms with Crippen LogP contribution in [0.1, 0.15) is 56.3 Å². The van der Waals surface area contributed by atoms with Crippen LogP contribution >= 0.6 is 0 Å². The van der Waals surface area contributed by atoms with Crippen molar-refractivity contribution in [1.29, 1.82) is 0 Å². The Morgan fingerprint density at radius 2 is 0.465 bits per heavy atom. The summed E-state index contributed by atoms with van der Waals surface area (Å²) in [5.41, 5.74) is 8.00. The molecule has 6 aromatic carbocycles. The predicted octanol–water partition coefficient (Wildman–Crippen LogP) is 10.2. The minimum atomic E-state index is -0.301. The fourth-order valence-corrected chi connectivity index (χ4v) is 5.67. The van der Waals surface area contributed by atoms with E-state index in [4.69, 9.17) is 0 Å². The SMILES string of the molecule is Fc1ccc(C(c2ccc(F)cc2)c2ccc(Cc3ccc(C(c4ccc(F)cc4)c4ccc(F)cc4)cc3)cc2)cc1. The lowest BCUT2D eigenvalue weighted by molar-refractivity contribution is 0.625. The van der Waals surface area contributed by atoms with Crippen LogP contribution in [0.5, 0.6) is 0 Å². The van der Waals surface area contributed by atoms with Crippen LogP contribution in [-0.2, 0) is 6.42 Å². The Kier molecular flexibility index (Phi) is 8.19. The summed E-state index contributed by atoms with van der Waals surface area (Å²) < 4.78 is 54.6. The molecule has 43 heavy (non-hydrogen) atoms. The molecule has 0 spiro atoms. The summed E-state index contributed by atoms with van der Waals surface area (Å²) in [6, 6.07) is 42.3. The van der Waals surface area contributed by atoms with E-state index in [1.165, 1.54) is 48.5 Å². The van der Waals surface area contributed by atoms with E-state index in [0.29, 0.717) is 0 Å². The zero-order chi connectivity index (χ0) is 29.8. The molecule has 0 aliphatic rings. The highest BCUT2D eigenvalue weighted by atomic mass is 19.1. The molecule has 0 aliphatic heterocycles. The van der Waals surface area contributed by atoms with E-state index in [0.717, 1.165) is 50.9 Å². The average molecular weight is 573 g/mol. The number of rotatable bonds is 8. The van der Waals surface area contributed by atoms with E-state index in [9.17, 15) is 17.6 Å². The zero-order valence-electron chi connectivity index (χ0n) is 23.2. The van der Waals surface area contributed by atoms with E-state index in [2.05, 4.69) is 48.5 Å². The molecule has 0 nitrogen and oxygen atoms in total. The van der Waals surface area contributed by atoms with Gasteiger partial charge in [0.25, 0.3) is 0 Å². The second-order valence-corrected chi connectivity index (χ2v) is 10.7. The first-order valence-electron chi connectivity index (χ1n) is 14.1. The van der Waals surface area contributed by atoms with Crippen molar-refractivity contribution in [2.24, 2.45) is 0 Å². The van der Waals surface area contributed by atoms with Crippen LogP contribution in [0, 0.1) is 23.3 Å². The molecule has 212 valence electrons. The third-order valence-electron chi connectivity index (χ3n) is 7.85. The summed E-state index contributed by atoms with van der Waals surface area (Å²) in [7, 11) is 0. The molecule has 0 bridgehead atoms. The maximum absolute atomic E-state index is 13.7. The fourth-order valence-electron chi connectivity index (χ4n) is 5.67. The maximum Gasteiger partial charge on any atom is 0.123 e. The second-order valence-electron chi connectivity index (χ2n) is 10.7. The van der Waals surface area contributed by atoms with Gasteiger partial charge in [-0.25, -0.2) is 17.6 Å². The highest BCUT2D eigenvalue weighted by Crippen LogP contribution is 2.34. The summed E-state index contributed by atoms with van der Waals surface area (Å²) in [6.07, 6.45) is 0.718. The quantitative estimate of drug-likeness (QED) is 0.126. The van der Waals surface area contributed by atoms with Crippen molar-refractivity contribution < 1.29 is 17.6 Å². The first-order valence-corrected chi connectivity index (χ1v) is 14.1. The number of benzene rings is 6. The van der Waals surface area contributed by atoms with Gasteiger partial charge in [0, 0.05) is 11.8 Å². The predicted molar refractivity (Wildman–Crippen MR) is 163 cm³/mol. The monoisotopic (exact) mass is 572 g/mol. The summed E-state index contributed by atoms with van der Waals surface area (Å²) in [6.45, 7) is 0. The molecule has 0 atom stereocenters. The maximum atomic E-state index is 13.7. The molecule has 4 heteroatoms. The van der Waals surface area contributed by atoms with Gasteiger partial charge in [-0.2, -0.15) is 0 Å². The van der Waals surface area contributed by atoms with Crippen LogP contribution in [-0.4, -0.2) is 0 Å². The number of hydrogen-bond acceptors (Lipinski definition) is 0. The largest absolute Gasteiger partial charge is 0.207 e. The summed E-state index contributed by atoms with van der Waals surface area (Å²) >= 11 is 0. The van der Waals surface area contributed by atoms with E-state index < -0.39 is 0 Å². The normalized spacial score (nSPS) is 11.3. The van der Waals surface area contributed by atoms with Gasteiger partial charge in [0.1, 0.15) is 23.3 Å². The van der Waals surface area contributed by atoms with Crippen LogP contribution in [0.25, 0.3) is 0 Å². The molecule has 0 radical (unpaired) electrons. The molecule has 0 saturated heterocycles. The Bertz CT molecular complexity index is 1540. The second kappa shape index (κ2) is 12.5. The summed E-state index contributed by atoms with van der Waals surface area (Å²) in [5.74, 6) is -1.53. The molecule has 0 aromatic heterocycles. The molecule has 6 rings (SSSR count).